The van der Waals surface area contributed by atoms with Crippen LogP contribution in [0.15, 0.2) is 36.4 Å². The lowest BCUT2D eigenvalue weighted by Crippen LogP contribution is -2.10. The Kier molecular flexibility index (Phi) is 2.93. The normalized spacial score (nSPS) is 12.7. The molecule has 1 aliphatic rings. The molecule has 2 rings (SSSR count). The highest BCUT2D eigenvalue weighted by molar-refractivity contribution is 6.21. The van der Waals surface area contributed by atoms with E-state index in [1.54, 1.807) is 24.3 Å². The molecular formula is C11H6NO2-. The second-order valence-electron chi connectivity index (χ2n) is 2.61. The molecule has 0 unspecified atom stereocenters. The highest BCUT2D eigenvalue weighted by atomic mass is 16.1. The van der Waals surface area contributed by atoms with E-state index in [1.165, 1.54) is 12.2 Å². The second-order valence-corrected chi connectivity index (χ2v) is 2.61. The van der Waals surface area contributed by atoms with E-state index in [9.17, 15) is 9.59 Å². The van der Waals surface area contributed by atoms with Gasteiger partial charge in [0.2, 0.25) is 0 Å². The lowest BCUT2D eigenvalue weighted by molar-refractivity contribution is 0.0994. The third-order valence-electron chi connectivity index (χ3n) is 1.84. The van der Waals surface area contributed by atoms with Crippen LogP contribution in [0.3, 0.4) is 0 Å². The van der Waals surface area contributed by atoms with Crippen molar-refractivity contribution in [3.05, 3.63) is 54.1 Å². The van der Waals surface area contributed by atoms with Crippen LogP contribution in [-0.2, 0) is 0 Å². The number of allylic oxidation sites excluding steroid dienone is 2. The lowest BCUT2D eigenvalue weighted by Gasteiger charge is -2.06. The topological polar surface area (TPSA) is 57.9 Å². The zero-order chi connectivity index (χ0) is 10.6. The molecule has 3 nitrogen and oxygen atoms in total. The largest absolute Gasteiger partial charge is 0.512 e. The standard InChI is InChI=1S/C10H6O2.CN/c11-9-5-6-10(12)8-4-2-1-3-7(8)9;1-2/h1-6H;/q;-1. The van der Waals surface area contributed by atoms with Gasteiger partial charge in [0.25, 0.3) is 0 Å². The summed E-state index contributed by atoms with van der Waals surface area (Å²) in [4.78, 5) is 22.4. The smallest absolute Gasteiger partial charge is 0.186 e. The fourth-order valence-electron chi connectivity index (χ4n) is 1.24. The molecule has 14 heavy (non-hydrogen) atoms. The summed E-state index contributed by atoms with van der Waals surface area (Å²) in [5.41, 5.74) is 1.01. The summed E-state index contributed by atoms with van der Waals surface area (Å²) in [6, 6.07) is 6.84. The van der Waals surface area contributed by atoms with Crippen LogP contribution in [-0.4, -0.2) is 11.6 Å². The number of carbonyl (C=O) groups is 2. The lowest BCUT2D eigenvalue weighted by atomic mass is 9.95. The number of benzene rings is 1. The van der Waals surface area contributed by atoms with Gasteiger partial charge >= 0.3 is 0 Å². The number of ketones is 2. The van der Waals surface area contributed by atoms with Gasteiger partial charge in [-0.2, -0.15) is 0 Å². The van der Waals surface area contributed by atoms with Crippen molar-refractivity contribution >= 4 is 11.6 Å². The van der Waals surface area contributed by atoms with Crippen molar-refractivity contribution in [1.82, 2.24) is 0 Å². The zero-order valence-electron chi connectivity index (χ0n) is 7.23. The molecule has 0 saturated heterocycles. The molecule has 0 radical (unpaired) electrons. The van der Waals surface area contributed by atoms with Crippen molar-refractivity contribution in [1.29, 1.82) is 5.26 Å². The van der Waals surface area contributed by atoms with Gasteiger partial charge in [0.05, 0.1) is 0 Å². The van der Waals surface area contributed by atoms with Gasteiger partial charge in [0.15, 0.2) is 11.6 Å². The maximum Gasteiger partial charge on any atom is 0.186 e. The van der Waals surface area contributed by atoms with Crippen LogP contribution in [0.1, 0.15) is 20.7 Å². The molecule has 1 aromatic rings. The van der Waals surface area contributed by atoms with Gasteiger partial charge in [0, 0.05) is 11.1 Å². The minimum absolute atomic E-state index is 0.0924. The third kappa shape index (κ3) is 1.59. The summed E-state index contributed by atoms with van der Waals surface area (Å²) in [5.74, 6) is -0.185. The Balaban J connectivity index is 0.000000461. The number of hydrogen-bond donors (Lipinski definition) is 0. The number of fused-ring (bicyclic) bond motifs is 1. The van der Waals surface area contributed by atoms with Crippen molar-refractivity contribution in [2.45, 2.75) is 0 Å². The summed E-state index contributed by atoms with van der Waals surface area (Å²) in [5, 5.41) is 6.25. The molecule has 0 atom stereocenters. The summed E-state index contributed by atoms with van der Waals surface area (Å²) in [6.45, 7) is 4.75. The summed E-state index contributed by atoms with van der Waals surface area (Å²) < 4.78 is 0. The number of carbonyl (C=O) groups excluding carboxylic acids is 2. The van der Waals surface area contributed by atoms with Gasteiger partial charge in [0.1, 0.15) is 0 Å². The van der Waals surface area contributed by atoms with Crippen LogP contribution in [0.25, 0.3) is 0 Å². The molecule has 0 heterocycles. The van der Waals surface area contributed by atoms with Gasteiger partial charge in [-0.25, -0.2) is 0 Å². The maximum atomic E-state index is 11.2. The first-order chi connectivity index (χ1) is 6.79. The molecule has 68 valence electrons. The quantitative estimate of drug-likeness (QED) is 0.577. The fraction of sp³-hybridized carbons (Fsp3) is 0. The average Bonchev–Trinajstić information content (AvgIpc) is 2.27. The molecule has 3 heteroatoms. The molecule has 0 aliphatic heterocycles. The van der Waals surface area contributed by atoms with Crippen LogP contribution in [0.4, 0.5) is 0 Å². The Hall–Kier alpha value is -2.21. The van der Waals surface area contributed by atoms with Crippen molar-refractivity contribution in [2.75, 3.05) is 0 Å². The minimum atomic E-state index is -0.0924. The predicted octanol–water partition coefficient (Wildman–Crippen LogP) is 1.72. The van der Waals surface area contributed by atoms with E-state index >= 15 is 0 Å². The third-order valence-corrected chi connectivity index (χ3v) is 1.84. The maximum absolute atomic E-state index is 11.2. The summed E-state index contributed by atoms with van der Waals surface area (Å²) >= 11 is 0. The summed E-state index contributed by atoms with van der Waals surface area (Å²) in [6.07, 6.45) is 2.62. The van der Waals surface area contributed by atoms with Crippen molar-refractivity contribution in [3.63, 3.8) is 0 Å². The predicted molar refractivity (Wildman–Crippen MR) is 49.2 cm³/mol. The van der Waals surface area contributed by atoms with Crippen LogP contribution < -0.4 is 0 Å². The van der Waals surface area contributed by atoms with Crippen LogP contribution >= 0.6 is 0 Å². The van der Waals surface area contributed by atoms with Gasteiger partial charge in [-0.05, 0) is 12.2 Å². The van der Waals surface area contributed by atoms with Crippen molar-refractivity contribution < 1.29 is 9.59 Å². The van der Waals surface area contributed by atoms with Crippen LogP contribution in [0.2, 0.25) is 0 Å². The number of nitrogens with zero attached hydrogens (tertiary/aromatic N) is 1. The van der Waals surface area contributed by atoms with E-state index in [4.69, 9.17) is 11.8 Å². The van der Waals surface area contributed by atoms with E-state index in [-0.39, 0.29) is 11.6 Å². The molecule has 0 fully saturated rings. The highest BCUT2D eigenvalue weighted by Gasteiger charge is 2.16. The first-order valence-corrected chi connectivity index (χ1v) is 3.87. The van der Waals surface area contributed by atoms with Crippen LogP contribution in [0.5, 0.6) is 0 Å². The SMILES string of the molecule is O=C1C=CC(=O)c2ccccc21.[C-]#N. The van der Waals surface area contributed by atoms with E-state index in [1.807, 2.05) is 0 Å². The first kappa shape index (κ1) is 9.87. The Bertz CT molecular complexity index is 393. The van der Waals surface area contributed by atoms with Gasteiger partial charge in [-0.15, -0.1) is 0 Å². The highest BCUT2D eigenvalue weighted by Crippen LogP contribution is 2.15. The monoisotopic (exact) mass is 184 g/mol. The Morgan fingerprint density at radius 1 is 0.857 bits per heavy atom. The Morgan fingerprint density at radius 3 is 1.57 bits per heavy atom. The molecule has 0 spiro atoms. The molecule has 0 saturated carbocycles. The van der Waals surface area contributed by atoms with Gasteiger partial charge in [-0.1, -0.05) is 24.3 Å². The molecule has 1 aliphatic carbocycles. The molecule has 0 N–H and O–H groups in total. The van der Waals surface area contributed by atoms with Crippen molar-refractivity contribution in [2.24, 2.45) is 0 Å². The Morgan fingerprint density at radius 2 is 1.21 bits per heavy atom. The minimum Gasteiger partial charge on any atom is -0.512 e. The van der Waals surface area contributed by atoms with E-state index in [2.05, 4.69) is 0 Å². The van der Waals surface area contributed by atoms with Crippen molar-refractivity contribution in [3.8, 4) is 0 Å². The number of hydrogen-bond acceptors (Lipinski definition) is 3. The van der Waals surface area contributed by atoms with Crippen LogP contribution in [0, 0.1) is 11.8 Å². The molecule has 1 aromatic carbocycles. The summed E-state index contributed by atoms with van der Waals surface area (Å²) in [7, 11) is 0. The van der Waals surface area contributed by atoms with Gasteiger partial charge < -0.3 is 11.8 Å². The van der Waals surface area contributed by atoms with E-state index in [0.29, 0.717) is 11.1 Å². The molecule has 0 amide bonds. The Labute approximate surface area is 81.3 Å². The molecule has 0 bridgehead atoms. The second kappa shape index (κ2) is 4.15. The first-order valence-electron chi connectivity index (χ1n) is 3.87. The van der Waals surface area contributed by atoms with E-state index < -0.39 is 0 Å². The van der Waals surface area contributed by atoms with Gasteiger partial charge in [-0.3, -0.25) is 9.59 Å². The molecule has 0 aromatic heterocycles. The van der Waals surface area contributed by atoms with E-state index in [0.717, 1.165) is 0 Å². The molecular weight excluding hydrogens is 178 g/mol. The zero-order valence-corrected chi connectivity index (χ0v) is 7.23. The fourth-order valence-corrected chi connectivity index (χ4v) is 1.24. The average molecular weight is 184 g/mol. The number of rotatable bonds is 0.